The summed E-state index contributed by atoms with van der Waals surface area (Å²) < 4.78 is 26.4. The van der Waals surface area contributed by atoms with Crippen LogP contribution in [0.15, 0.2) is 47.4 Å². The van der Waals surface area contributed by atoms with Crippen molar-refractivity contribution in [3.8, 4) is 0 Å². The third-order valence-corrected chi connectivity index (χ3v) is 8.43. The van der Waals surface area contributed by atoms with E-state index in [9.17, 15) is 18.0 Å². The molecule has 3 aromatic rings. The number of halogens is 1. The van der Waals surface area contributed by atoms with Gasteiger partial charge in [0.25, 0.3) is 5.91 Å². The van der Waals surface area contributed by atoms with Crippen molar-refractivity contribution in [3.05, 3.63) is 53.1 Å². The lowest BCUT2D eigenvalue weighted by Crippen LogP contribution is -2.34. The topological polar surface area (TPSA) is 108 Å². The molecule has 0 saturated carbocycles. The predicted octanol–water partition coefficient (Wildman–Crippen LogP) is 3.78. The average Bonchev–Trinajstić information content (AvgIpc) is 3.32. The van der Waals surface area contributed by atoms with Crippen molar-refractivity contribution in [1.82, 2.24) is 15.2 Å². The first kappa shape index (κ1) is 22.7. The highest BCUT2D eigenvalue weighted by molar-refractivity contribution is 7.91. The highest BCUT2D eigenvalue weighted by atomic mass is 35.5. The lowest BCUT2D eigenvalue weighted by molar-refractivity contribution is 0.0967. The summed E-state index contributed by atoms with van der Waals surface area (Å²) >= 11 is 7.10. The summed E-state index contributed by atoms with van der Waals surface area (Å²) in [6, 6.07) is 10.4. The number of nitrogens with one attached hydrogen (secondary N) is 2. The molecule has 1 aliphatic rings. The van der Waals surface area contributed by atoms with E-state index in [0.717, 1.165) is 30.7 Å². The van der Waals surface area contributed by atoms with E-state index in [-0.39, 0.29) is 32.4 Å². The molecule has 1 aliphatic heterocycles. The van der Waals surface area contributed by atoms with Crippen LogP contribution in [0.3, 0.4) is 0 Å². The van der Waals surface area contributed by atoms with Crippen LogP contribution < -0.4 is 10.6 Å². The number of amides is 3. The van der Waals surface area contributed by atoms with Crippen molar-refractivity contribution in [1.29, 1.82) is 0 Å². The number of hydrogen-bond donors (Lipinski definition) is 2. The van der Waals surface area contributed by atoms with E-state index in [1.165, 1.54) is 12.1 Å². The van der Waals surface area contributed by atoms with Crippen molar-refractivity contribution < 1.29 is 18.0 Å². The molecule has 0 radical (unpaired) electrons. The smallest absolute Gasteiger partial charge is 0.302 e. The van der Waals surface area contributed by atoms with Crippen LogP contribution >= 0.6 is 22.9 Å². The number of anilines is 1. The van der Waals surface area contributed by atoms with Gasteiger partial charge in [0.15, 0.2) is 15.0 Å². The maximum absolute atomic E-state index is 12.9. The molecule has 1 aromatic heterocycles. The fourth-order valence-corrected chi connectivity index (χ4v) is 6.52. The zero-order valence-corrected chi connectivity index (χ0v) is 19.6. The van der Waals surface area contributed by atoms with E-state index in [0.29, 0.717) is 10.2 Å². The monoisotopic (exact) mass is 492 g/mol. The van der Waals surface area contributed by atoms with Crippen molar-refractivity contribution in [2.24, 2.45) is 0 Å². The zero-order valence-electron chi connectivity index (χ0n) is 17.2. The van der Waals surface area contributed by atoms with Crippen LogP contribution in [0, 0.1) is 0 Å². The van der Waals surface area contributed by atoms with Gasteiger partial charge in [-0.1, -0.05) is 35.1 Å². The normalized spacial score (nSPS) is 16.9. The van der Waals surface area contributed by atoms with Gasteiger partial charge in [-0.25, -0.2) is 18.2 Å². The standard InChI is InChI=1S/C21H21ClN4O4S2/c1-26-10-4-5-13(26)12-32(29,30)14-8-9-17-18(11-14)31-21(23-17)25-20(28)24-19(27)15-6-2-3-7-16(15)22/h2-3,6-9,11,13H,4-5,10,12H2,1H3,(H2,23,24,25,27,28)/t13-/m1/s1. The Morgan fingerprint density at radius 3 is 2.75 bits per heavy atom. The first-order chi connectivity index (χ1) is 15.2. The fourth-order valence-electron chi connectivity index (χ4n) is 3.64. The molecule has 2 heterocycles. The minimum atomic E-state index is -3.45. The van der Waals surface area contributed by atoms with Gasteiger partial charge in [0.05, 0.1) is 31.5 Å². The molecule has 0 aliphatic carbocycles. The summed E-state index contributed by atoms with van der Waals surface area (Å²) in [7, 11) is -1.51. The Labute approximate surface area is 194 Å². The molecule has 168 valence electrons. The highest BCUT2D eigenvalue weighted by Crippen LogP contribution is 2.29. The number of urea groups is 1. The number of carbonyl (C=O) groups excluding carboxylic acids is 2. The van der Waals surface area contributed by atoms with Crippen LogP contribution in [-0.4, -0.2) is 55.6 Å². The van der Waals surface area contributed by atoms with Gasteiger partial charge in [0, 0.05) is 6.04 Å². The number of nitrogens with zero attached hydrogens (tertiary/aromatic N) is 2. The second-order valence-electron chi connectivity index (χ2n) is 7.59. The maximum atomic E-state index is 12.9. The fraction of sp³-hybridized carbons (Fsp3) is 0.286. The van der Waals surface area contributed by atoms with Crippen LogP contribution in [-0.2, 0) is 9.84 Å². The van der Waals surface area contributed by atoms with Crippen LogP contribution in [0.4, 0.5) is 9.93 Å². The van der Waals surface area contributed by atoms with Crippen molar-refractivity contribution in [2.75, 3.05) is 24.7 Å². The Kier molecular flexibility index (Phi) is 6.47. The molecule has 2 N–H and O–H groups in total. The quantitative estimate of drug-likeness (QED) is 0.561. The number of carbonyl (C=O) groups is 2. The van der Waals surface area contributed by atoms with E-state index < -0.39 is 21.8 Å². The SMILES string of the molecule is CN1CCC[C@@H]1CS(=O)(=O)c1ccc2nc(NC(=O)NC(=O)c3ccccc3Cl)sc2c1. The third-order valence-electron chi connectivity index (χ3n) is 5.37. The van der Waals surface area contributed by atoms with Gasteiger partial charge in [0.1, 0.15) is 0 Å². The van der Waals surface area contributed by atoms with E-state index in [1.807, 2.05) is 7.05 Å². The number of fused-ring (bicyclic) bond motifs is 1. The summed E-state index contributed by atoms with van der Waals surface area (Å²) in [6.45, 7) is 0.907. The zero-order chi connectivity index (χ0) is 22.9. The molecule has 4 rings (SSSR count). The van der Waals surface area contributed by atoms with Gasteiger partial charge in [-0.2, -0.15) is 0 Å². The first-order valence-electron chi connectivity index (χ1n) is 9.93. The Bertz CT molecular complexity index is 1290. The van der Waals surface area contributed by atoms with E-state index in [1.54, 1.807) is 30.3 Å². The number of benzene rings is 2. The Balaban J connectivity index is 1.46. The molecular formula is C21H21ClN4O4S2. The summed E-state index contributed by atoms with van der Waals surface area (Å²) in [5.74, 6) is -0.564. The second-order valence-corrected chi connectivity index (χ2v) is 11.1. The number of hydrogen-bond acceptors (Lipinski definition) is 7. The second kappa shape index (κ2) is 9.14. The molecule has 8 nitrogen and oxygen atoms in total. The van der Waals surface area contributed by atoms with E-state index in [4.69, 9.17) is 11.6 Å². The lowest BCUT2D eigenvalue weighted by Gasteiger charge is -2.19. The number of imide groups is 1. The number of likely N-dealkylation sites (tertiary alicyclic amines) is 1. The highest BCUT2D eigenvalue weighted by Gasteiger charge is 2.28. The number of aromatic nitrogens is 1. The summed E-state index contributed by atoms with van der Waals surface area (Å²) in [5.41, 5.74) is 0.732. The number of rotatable bonds is 5. The largest absolute Gasteiger partial charge is 0.327 e. The number of sulfone groups is 1. The lowest BCUT2D eigenvalue weighted by atomic mass is 10.2. The number of thiazole rings is 1. The van der Waals surface area contributed by atoms with E-state index in [2.05, 4.69) is 20.5 Å². The van der Waals surface area contributed by atoms with Crippen LogP contribution in [0.1, 0.15) is 23.2 Å². The van der Waals surface area contributed by atoms with Crippen molar-refractivity contribution in [3.63, 3.8) is 0 Å². The minimum absolute atomic E-state index is 0.0220. The van der Waals surface area contributed by atoms with Gasteiger partial charge >= 0.3 is 6.03 Å². The first-order valence-corrected chi connectivity index (χ1v) is 12.8. The van der Waals surface area contributed by atoms with Gasteiger partial charge in [0.2, 0.25) is 0 Å². The molecule has 3 amide bonds. The van der Waals surface area contributed by atoms with Gasteiger partial charge in [-0.15, -0.1) is 0 Å². The Morgan fingerprint density at radius 1 is 1.25 bits per heavy atom. The Morgan fingerprint density at radius 2 is 2.03 bits per heavy atom. The van der Waals surface area contributed by atoms with Gasteiger partial charge < -0.3 is 4.90 Å². The molecule has 2 aromatic carbocycles. The maximum Gasteiger partial charge on any atom is 0.327 e. The minimum Gasteiger partial charge on any atom is -0.302 e. The molecule has 0 bridgehead atoms. The summed E-state index contributed by atoms with van der Waals surface area (Å²) in [4.78, 5) is 31.0. The average molecular weight is 493 g/mol. The molecule has 32 heavy (non-hydrogen) atoms. The van der Waals surface area contributed by atoms with Gasteiger partial charge in [-0.3, -0.25) is 15.4 Å². The van der Waals surface area contributed by atoms with E-state index >= 15 is 0 Å². The predicted molar refractivity (Wildman–Crippen MR) is 125 cm³/mol. The van der Waals surface area contributed by atoms with Crippen molar-refractivity contribution in [2.45, 2.75) is 23.8 Å². The van der Waals surface area contributed by atoms with Crippen LogP contribution in [0.5, 0.6) is 0 Å². The molecule has 0 spiro atoms. The molecule has 1 saturated heterocycles. The third kappa shape index (κ3) is 4.93. The molecular weight excluding hydrogens is 472 g/mol. The van der Waals surface area contributed by atoms with Crippen LogP contribution in [0.25, 0.3) is 10.2 Å². The summed E-state index contributed by atoms with van der Waals surface area (Å²) in [6.07, 6.45) is 1.87. The van der Waals surface area contributed by atoms with Crippen LogP contribution in [0.2, 0.25) is 5.02 Å². The van der Waals surface area contributed by atoms with Gasteiger partial charge in [-0.05, 0) is 56.8 Å². The van der Waals surface area contributed by atoms with Crippen molar-refractivity contribution >= 4 is 60.1 Å². The molecule has 1 fully saturated rings. The molecule has 1 atom stereocenters. The molecule has 11 heteroatoms. The Hall–Kier alpha value is -2.53. The molecule has 0 unspecified atom stereocenters. The summed E-state index contributed by atoms with van der Waals surface area (Å²) in [5, 5.41) is 5.19.